The van der Waals surface area contributed by atoms with Gasteiger partial charge in [0.25, 0.3) is 0 Å². The molecule has 0 aliphatic rings. The quantitative estimate of drug-likeness (QED) is 0.184. The average molecular weight is 627 g/mol. The number of nitrogens with zero attached hydrogens (tertiary/aromatic N) is 2. The molecule has 7 aromatic carbocycles. The van der Waals surface area contributed by atoms with Crippen LogP contribution in [0, 0.1) is 0 Å². The Labute approximate surface area is 284 Å². The lowest BCUT2D eigenvalue weighted by atomic mass is 9.94. The average Bonchev–Trinajstić information content (AvgIpc) is 3.57. The minimum absolute atomic E-state index is 0.666. The van der Waals surface area contributed by atoms with Crippen LogP contribution in [0.3, 0.4) is 0 Å². The highest BCUT2D eigenvalue weighted by Gasteiger charge is 2.15. The first-order chi connectivity index (χ1) is 24.2. The predicted molar refractivity (Wildman–Crippen MR) is 202 cm³/mol. The number of para-hydroxylation sites is 1. The number of hydrogen-bond acceptors (Lipinski definition) is 3. The van der Waals surface area contributed by atoms with Crippen molar-refractivity contribution in [3.8, 4) is 67.3 Å². The lowest BCUT2D eigenvalue weighted by Crippen LogP contribution is -1.97. The monoisotopic (exact) mass is 626 g/mol. The highest BCUT2D eigenvalue weighted by molar-refractivity contribution is 6.05. The zero-order valence-electron chi connectivity index (χ0n) is 26.6. The summed E-state index contributed by atoms with van der Waals surface area (Å²) < 4.78 is 6.27. The van der Waals surface area contributed by atoms with Crippen molar-refractivity contribution >= 4 is 21.9 Å². The van der Waals surface area contributed by atoms with E-state index in [9.17, 15) is 0 Å². The summed E-state index contributed by atoms with van der Waals surface area (Å²) in [4.78, 5) is 10.4. The zero-order valence-corrected chi connectivity index (χ0v) is 26.6. The maximum atomic E-state index is 6.27. The Balaban J connectivity index is 1.24. The zero-order chi connectivity index (χ0) is 32.6. The molecule has 0 spiro atoms. The lowest BCUT2D eigenvalue weighted by Gasteiger charge is -2.13. The van der Waals surface area contributed by atoms with Crippen LogP contribution in [0.1, 0.15) is 0 Å². The summed E-state index contributed by atoms with van der Waals surface area (Å²) in [7, 11) is 0. The van der Waals surface area contributed by atoms with Gasteiger partial charge in [0.15, 0.2) is 5.82 Å². The van der Waals surface area contributed by atoms with Gasteiger partial charge in [0.1, 0.15) is 11.2 Å². The Morgan fingerprint density at radius 1 is 0.286 bits per heavy atom. The summed E-state index contributed by atoms with van der Waals surface area (Å²) in [6.07, 6.45) is 0. The van der Waals surface area contributed by atoms with Gasteiger partial charge in [-0.2, -0.15) is 0 Å². The van der Waals surface area contributed by atoms with Crippen molar-refractivity contribution in [2.75, 3.05) is 0 Å². The summed E-state index contributed by atoms with van der Waals surface area (Å²) in [5, 5.41) is 2.20. The van der Waals surface area contributed by atoms with E-state index in [1.165, 1.54) is 11.1 Å². The molecule has 0 amide bonds. The number of hydrogen-bond donors (Lipinski definition) is 0. The van der Waals surface area contributed by atoms with Crippen LogP contribution >= 0.6 is 0 Å². The normalized spacial score (nSPS) is 11.3. The van der Waals surface area contributed by atoms with Crippen molar-refractivity contribution in [3.05, 3.63) is 182 Å². The highest BCUT2D eigenvalue weighted by atomic mass is 16.3. The van der Waals surface area contributed by atoms with Gasteiger partial charge in [-0.05, 0) is 81.9 Å². The van der Waals surface area contributed by atoms with Crippen molar-refractivity contribution in [3.63, 3.8) is 0 Å². The molecule has 49 heavy (non-hydrogen) atoms. The van der Waals surface area contributed by atoms with E-state index in [0.29, 0.717) is 5.82 Å². The molecule has 0 radical (unpaired) electrons. The van der Waals surface area contributed by atoms with Crippen LogP contribution in [0.15, 0.2) is 186 Å². The first kappa shape index (κ1) is 28.6. The molecule has 230 valence electrons. The molecule has 0 unspecified atom stereocenters. The Kier molecular flexibility index (Phi) is 7.14. The van der Waals surface area contributed by atoms with E-state index < -0.39 is 0 Å². The number of furan rings is 1. The van der Waals surface area contributed by atoms with E-state index in [1.54, 1.807) is 0 Å². The van der Waals surface area contributed by atoms with Gasteiger partial charge in [0.2, 0.25) is 0 Å². The van der Waals surface area contributed by atoms with Gasteiger partial charge < -0.3 is 4.42 Å². The number of aromatic nitrogens is 2. The van der Waals surface area contributed by atoms with E-state index in [4.69, 9.17) is 14.4 Å². The fraction of sp³-hybridized carbons (Fsp3) is 0. The second kappa shape index (κ2) is 12.2. The largest absolute Gasteiger partial charge is 0.456 e. The second-order valence-corrected chi connectivity index (χ2v) is 12.2. The van der Waals surface area contributed by atoms with Crippen molar-refractivity contribution in [1.82, 2.24) is 9.97 Å². The molecule has 3 heteroatoms. The minimum atomic E-state index is 0.666. The molecular weight excluding hydrogens is 597 g/mol. The maximum Gasteiger partial charge on any atom is 0.160 e. The molecule has 0 N–H and O–H groups in total. The molecule has 0 atom stereocenters. The highest BCUT2D eigenvalue weighted by Crippen LogP contribution is 2.37. The molecule has 3 nitrogen and oxygen atoms in total. The molecular formula is C46H30N2O. The van der Waals surface area contributed by atoms with Crippen LogP contribution in [-0.4, -0.2) is 9.97 Å². The molecule has 2 aromatic heterocycles. The summed E-state index contributed by atoms with van der Waals surface area (Å²) in [6.45, 7) is 0. The Morgan fingerprint density at radius 3 is 1.49 bits per heavy atom. The number of fused-ring (bicyclic) bond motifs is 3. The molecule has 0 saturated heterocycles. The lowest BCUT2D eigenvalue weighted by molar-refractivity contribution is 0.669. The van der Waals surface area contributed by atoms with Gasteiger partial charge in [0.05, 0.1) is 11.4 Å². The van der Waals surface area contributed by atoms with Crippen LogP contribution in [-0.2, 0) is 0 Å². The molecule has 0 aliphatic heterocycles. The van der Waals surface area contributed by atoms with E-state index in [-0.39, 0.29) is 0 Å². The van der Waals surface area contributed by atoms with Crippen LogP contribution in [0.2, 0.25) is 0 Å². The summed E-state index contributed by atoms with van der Waals surface area (Å²) in [5.74, 6) is 0.666. The van der Waals surface area contributed by atoms with Crippen LogP contribution in [0.5, 0.6) is 0 Å². The van der Waals surface area contributed by atoms with Crippen molar-refractivity contribution in [2.24, 2.45) is 0 Å². The maximum absolute atomic E-state index is 6.27. The third-order valence-electron chi connectivity index (χ3n) is 9.07. The molecule has 9 aromatic rings. The van der Waals surface area contributed by atoms with E-state index in [2.05, 4.69) is 146 Å². The third kappa shape index (κ3) is 5.58. The van der Waals surface area contributed by atoms with Crippen molar-refractivity contribution in [1.29, 1.82) is 0 Å². The smallest absolute Gasteiger partial charge is 0.160 e. The number of benzene rings is 7. The molecule has 9 rings (SSSR count). The third-order valence-corrected chi connectivity index (χ3v) is 9.07. The molecule has 0 aliphatic carbocycles. The van der Waals surface area contributed by atoms with E-state index in [1.807, 2.05) is 36.4 Å². The minimum Gasteiger partial charge on any atom is -0.456 e. The molecule has 0 bridgehead atoms. The van der Waals surface area contributed by atoms with E-state index >= 15 is 0 Å². The van der Waals surface area contributed by atoms with Gasteiger partial charge in [-0.3, -0.25) is 0 Å². The van der Waals surface area contributed by atoms with Gasteiger partial charge in [-0.25, -0.2) is 9.97 Å². The fourth-order valence-corrected chi connectivity index (χ4v) is 6.60. The molecule has 0 fully saturated rings. The SMILES string of the molecule is c1ccc(-c2cccc(-c3cc(-c4ccccc4)cc(-c4nc(-c5ccccc5)cc(-c5ccc6c(c5)oc5ccccc56)n4)c3)c2)cc1. The molecule has 2 heterocycles. The Bertz CT molecular complexity index is 2590. The van der Waals surface area contributed by atoms with Crippen molar-refractivity contribution < 1.29 is 4.42 Å². The topological polar surface area (TPSA) is 38.9 Å². The van der Waals surface area contributed by atoms with Gasteiger partial charge in [-0.15, -0.1) is 0 Å². The van der Waals surface area contributed by atoms with Gasteiger partial charge >= 0.3 is 0 Å². The number of rotatable bonds is 6. The Hall–Kier alpha value is -6.58. The second-order valence-electron chi connectivity index (χ2n) is 12.2. The standard InChI is InChI=1S/C46H30N2O/c1-4-13-31(14-5-1)34-19-12-20-35(25-34)38-26-37(32-15-6-2-7-16-32)27-39(28-38)46-47-42(33-17-8-3-9-18-33)30-43(48-46)36-23-24-41-40-21-10-11-22-44(40)49-45(41)29-36/h1-30H. The summed E-state index contributed by atoms with van der Waals surface area (Å²) in [6, 6.07) is 63.4. The Morgan fingerprint density at radius 2 is 0.776 bits per heavy atom. The van der Waals surface area contributed by atoms with Gasteiger partial charge in [-0.1, -0.05) is 133 Å². The van der Waals surface area contributed by atoms with Crippen LogP contribution < -0.4 is 0 Å². The van der Waals surface area contributed by atoms with Gasteiger partial charge in [0, 0.05) is 27.5 Å². The predicted octanol–water partition coefficient (Wildman–Crippen LogP) is 12.4. The van der Waals surface area contributed by atoms with Crippen molar-refractivity contribution in [2.45, 2.75) is 0 Å². The first-order valence-electron chi connectivity index (χ1n) is 16.5. The molecule has 0 saturated carbocycles. The summed E-state index contributed by atoms with van der Waals surface area (Å²) in [5.41, 5.74) is 13.2. The first-order valence-corrected chi connectivity index (χ1v) is 16.5. The van der Waals surface area contributed by atoms with E-state index in [0.717, 1.165) is 72.3 Å². The van der Waals surface area contributed by atoms with Crippen LogP contribution in [0.4, 0.5) is 0 Å². The fourth-order valence-electron chi connectivity index (χ4n) is 6.60. The summed E-state index contributed by atoms with van der Waals surface area (Å²) >= 11 is 0. The van der Waals surface area contributed by atoms with Crippen LogP contribution in [0.25, 0.3) is 89.2 Å².